The second-order valence-electron chi connectivity index (χ2n) is 2.67. The van der Waals surface area contributed by atoms with Gasteiger partial charge in [-0.1, -0.05) is 0 Å². The molecule has 1 N–H and O–H groups in total. The molecule has 0 radical (unpaired) electrons. The Bertz CT molecular complexity index is 454. The number of hydrogen-bond acceptors (Lipinski definition) is 3. The third-order valence-corrected chi connectivity index (χ3v) is 2.12. The number of aromatic carboxylic acids is 1. The van der Waals surface area contributed by atoms with Crippen molar-refractivity contribution >= 4 is 18.6 Å². The molecule has 0 unspecified atom stereocenters. The van der Waals surface area contributed by atoms with Crippen molar-refractivity contribution in [3.8, 4) is 6.07 Å². The first kappa shape index (κ1) is 11.5. The maximum absolute atomic E-state index is 12.4. The highest BCUT2D eigenvalue weighted by molar-refractivity contribution is 7.80. The van der Waals surface area contributed by atoms with E-state index in [4.69, 9.17) is 10.4 Å². The van der Waals surface area contributed by atoms with Crippen molar-refractivity contribution in [1.29, 1.82) is 5.26 Å². The molecule has 1 aromatic rings. The minimum atomic E-state index is -2.88. The zero-order valence-corrected chi connectivity index (χ0v) is 8.13. The number of carbonyl (C=O) groups is 1. The Morgan fingerprint density at radius 1 is 1.53 bits per heavy atom. The van der Waals surface area contributed by atoms with Crippen LogP contribution < -0.4 is 0 Å². The highest BCUT2D eigenvalue weighted by Gasteiger charge is 2.18. The molecule has 0 spiro atoms. The van der Waals surface area contributed by atoms with Gasteiger partial charge >= 0.3 is 5.97 Å². The Hall–Kier alpha value is -1.61. The van der Waals surface area contributed by atoms with E-state index in [1.165, 1.54) is 0 Å². The van der Waals surface area contributed by atoms with Gasteiger partial charge in [-0.15, -0.1) is 12.6 Å². The van der Waals surface area contributed by atoms with E-state index in [-0.39, 0.29) is 16.0 Å². The van der Waals surface area contributed by atoms with Crippen LogP contribution in [0, 0.1) is 11.3 Å². The summed E-state index contributed by atoms with van der Waals surface area (Å²) in [5, 5.41) is 17.2. The molecule has 0 saturated carbocycles. The van der Waals surface area contributed by atoms with Crippen LogP contribution in [-0.2, 0) is 0 Å². The predicted molar refractivity (Wildman–Crippen MR) is 50.3 cm³/mol. The van der Waals surface area contributed by atoms with E-state index in [1.54, 1.807) is 6.07 Å². The molecular formula is C9H5F2NO2S. The van der Waals surface area contributed by atoms with Gasteiger partial charge in [-0.2, -0.15) is 5.26 Å². The van der Waals surface area contributed by atoms with Gasteiger partial charge in [0.25, 0.3) is 6.43 Å². The van der Waals surface area contributed by atoms with E-state index in [0.29, 0.717) is 0 Å². The molecule has 0 atom stereocenters. The summed E-state index contributed by atoms with van der Waals surface area (Å²) in [7, 11) is 0. The molecule has 15 heavy (non-hydrogen) atoms. The molecule has 1 aromatic carbocycles. The van der Waals surface area contributed by atoms with Gasteiger partial charge in [-0.3, -0.25) is 0 Å². The number of nitrogens with zero attached hydrogens (tertiary/aromatic N) is 1. The molecule has 0 aliphatic carbocycles. The van der Waals surface area contributed by atoms with Gasteiger partial charge in [-0.25, -0.2) is 13.6 Å². The fourth-order valence-electron chi connectivity index (χ4n) is 1.05. The SMILES string of the molecule is N#Cc1cc(S)c(C(=O)O)cc1C(F)F. The van der Waals surface area contributed by atoms with Crippen molar-refractivity contribution < 1.29 is 18.7 Å². The van der Waals surface area contributed by atoms with E-state index in [1.807, 2.05) is 0 Å². The van der Waals surface area contributed by atoms with Crippen LogP contribution in [0.5, 0.6) is 0 Å². The standard InChI is InChI=1S/C9H5F2NO2S/c10-8(11)5-2-6(9(13)14)7(15)1-4(5)3-12/h1-2,8,15H,(H,13,14). The molecular weight excluding hydrogens is 224 g/mol. The number of rotatable bonds is 2. The largest absolute Gasteiger partial charge is 0.478 e. The minimum absolute atomic E-state index is 0.0107. The summed E-state index contributed by atoms with van der Waals surface area (Å²) in [4.78, 5) is 10.6. The van der Waals surface area contributed by atoms with Crippen molar-refractivity contribution in [2.24, 2.45) is 0 Å². The van der Waals surface area contributed by atoms with Crippen molar-refractivity contribution in [2.45, 2.75) is 11.3 Å². The predicted octanol–water partition coefficient (Wildman–Crippen LogP) is 2.48. The second kappa shape index (κ2) is 4.28. The Kier molecular flexibility index (Phi) is 3.27. The molecule has 0 aliphatic rings. The summed E-state index contributed by atoms with van der Waals surface area (Å²) in [6.07, 6.45) is -2.88. The van der Waals surface area contributed by atoms with Gasteiger partial charge < -0.3 is 5.11 Å². The van der Waals surface area contributed by atoms with Crippen molar-refractivity contribution in [2.75, 3.05) is 0 Å². The highest BCUT2D eigenvalue weighted by Crippen LogP contribution is 2.27. The van der Waals surface area contributed by atoms with Crippen LogP contribution >= 0.6 is 12.6 Å². The third-order valence-electron chi connectivity index (χ3n) is 1.75. The van der Waals surface area contributed by atoms with Gasteiger partial charge in [-0.05, 0) is 12.1 Å². The summed E-state index contributed by atoms with van der Waals surface area (Å²) in [5.74, 6) is -1.36. The average Bonchev–Trinajstić information content (AvgIpc) is 2.16. The van der Waals surface area contributed by atoms with Gasteiger partial charge in [0, 0.05) is 10.5 Å². The first-order valence-corrected chi connectivity index (χ1v) is 4.20. The number of thiol groups is 1. The summed E-state index contributed by atoms with van der Waals surface area (Å²) >= 11 is 3.80. The second-order valence-corrected chi connectivity index (χ2v) is 3.16. The number of halogens is 2. The lowest BCUT2D eigenvalue weighted by atomic mass is 10.0. The number of nitriles is 1. The van der Waals surface area contributed by atoms with Gasteiger partial charge in [0.05, 0.1) is 17.2 Å². The molecule has 0 saturated heterocycles. The summed E-state index contributed by atoms with van der Waals surface area (Å²) in [6.45, 7) is 0. The Morgan fingerprint density at radius 2 is 2.13 bits per heavy atom. The third kappa shape index (κ3) is 2.25. The van der Waals surface area contributed by atoms with Crippen LogP contribution in [0.25, 0.3) is 0 Å². The maximum Gasteiger partial charge on any atom is 0.336 e. The zero-order valence-electron chi connectivity index (χ0n) is 7.24. The summed E-state index contributed by atoms with van der Waals surface area (Å²) in [6, 6.07) is 3.36. The molecule has 78 valence electrons. The van der Waals surface area contributed by atoms with E-state index in [2.05, 4.69) is 12.6 Å². The number of carboxylic acids is 1. The van der Waals surface area contributed by atoms with Crippen LogP contribution in [0.15, 0.2) is 17.0 Å². The number of carboxylic acid groups (broad SMARTS) is 1. The monoisotopic (exact) mass is 229 g/mol. The van der Waals surface area contributed by atoms with Gasteiger partial charge in [0.2, 0.25) is 0 Å². The zero-order chi connectivity index (χ0) is 11.6. The molecule has 0 bridgehead atoms. The summed E-state index contributed by atoms with van der Waals surface area (Å²) in [5.41, 5.74) is -1.19. The van der Waals surface area contributed by atoms with Gasteiger partial charge in [0.15, 0.2) is 0 Å². The molecule has 0 aliphatic heterocycles. The van der Waals surface area contributed by atoms with Crippen LogP contribution in [0.4, 0.5) is 8.78 Å². The molecule has 0 amide bonds. The lowest BCUT2D eigenvalue weighted by Gasteiger charge is -2.06. The van der Waals surface area contributed by atoms with E-state index < -0.39 is 18.0 Å². The lowest BCUT2D eigenvalue weighted by molar-refractivity contribution is 0.0692. The van der Waals surface area contributed by atoms with E-state index in [9.17, 15) is 13.6 Å². The van der Waals surface area contributed by atoms with Crippen molar-refractivity contribution in [3.63, 3.8) is 0 Å². The fourth-order valence-corrected chi connectivity index (χ4v) is 1.34. The molecule has 3 nitrogen and oxygen atoms in total. The fraction of sp³-hybridized carbons (Fsp3) is 0.111. The quantitative estimate of drug-likeness (QED) is 0.766. The Balaban J connectivity index is 3.45. The highest BCUT2D eigenvalue weighted by atomic mass is 32.1. The lowest BCUT2D eigenvalue weighted by Crippen LogP contribution is -2.02. The summed E-state index contributed by atoms with van der Waals surface area (Å²) < 4.78 is 24.8. The number of hydrogen-bond donors (Lipinski definition) is 2. The first-order valence-electron chi connectivity index (χ1n) is 3.75. The molecule has 0 heterocycles. The van der Waals surface area contributed by atoms with Crippen LogP contribution in [0.1, 0.15) is 27.9 Å². The first-order chi connectivity index (χ1) is 6.97. The van der Waals surface area contributed by atoms with Crippen LogP contribution in [0.3, 0.4) is 0 Å². The average molecular weight is 229 g/mol. The smallest absolute Gasteiger partial charge is 0.336 e. The maximum atomic E-state index is 12.4. The topological polar surface area (TPSA) is 61.1 Å². The van der Waals surface area contributed by atoms with Crippen LogP contribution in [-0.4, -0.2) is 11.1 Å². The van der Waals surface area contributed by atoms with Gasteiger partial charge in [0.1, 0.15) is 0 Å². The van der Waals surface area contributed by atoms with Crippen molar-refractivity contribution in [1.82, 2.24) is 0 Å². The van der Waals surface area contributed by atoms with Crippen LogP contribution in [0.2, 0.25) is 0 Å². The molecule has 1 rings (SSSR count). The Labute approximate surface area is 89.4 Å². The minimum Gasteiger partial charge on any atom is -0.478 e. The van der Waals surface area contributed by atoms with E-state index in [0.717, 1.165) is 12.1 Å². The number of benzene rings is 1. The number of alkyl halides is 2. The normalized spacial score (nSPS) is 10.1. The Morgan fingerprint density at radius 3 is 2.53 bits per heavy atom. The van der Waals surface area contributed by atoms with E-state index >= 15 is 0 Å². The molecule has 0 aromatic heterocycles. The molecule has 0 fully saturated rings. The molecule has 6 heteroatoms. The van der Waals surface area contributed by atoms with Crippen molar-refractivity contribution in [3.05, 3.63) is 28.8 Å².